The summed E-state index contributed by atoms with van der Waals surface area (Å²) in [6.07, 6.45) is 4.36. The molecular weight excluding hydrogens is 242 g/mol. The van der Waals surface area contributed by atoms with Crippen LogP contribution in [0.1, 0.15) is 25.7 Å². The first-order chi connectivity index (χ1) is 9.27. The van der Waals surface area contributed by atoms with E-state index < -0.39 is 5.97 Å². The fraction of sp³-hybridized carbons (Fsp3) is 0.357. The Labute approximate surface area is 111 Å². The number of aromatic nitrogens is 2. The first-order valence-corrected chi connectivity index (χ1v) is 6.43. The van der Waals surface area contributed by atoms with Gasteiger partial charge in [0.05, 0.1) is 5.52 Å². The van der Waals surface area contributed by atoms with Crippen LogP contribution in [0.2, 0.25) is 0 Å². The molecule has 0 aliphatic rings. The third-order valence-electron chi connectivity index (χ3n) is 2.90. The highest BCUT2D eigenvalue weighted by molar-refractivity contribution is 5.88. The standard InChI is InChI=1S/C14H17N3O2/c18-13(19)8-2-1-5-9-15-14-11-6-3-4-7-12(11)16-10-17-14/h3-4,6-7,10H,1-2,5,8-9H2,(H,18,19)(H,15,16,17). The van der Waals surface area contributed by atoms with Crippen molar-refractivity contribution >= 4 is 22.7 Å². The van der Waals surface area contributed by atoms with Crippen molar-refractivity contribution in [1.29, 1.82) is 0 Å². The molecule has 5 heteroatoms. The summed E-state index contributed by atoms with van der Waals surface area (Å²) in [6, 6.07) is 7.85. The second-order valence-electron chi connectivity index (χ2n) is 4.37. The third-order valence-corrected chi connectivity index (χ3v) is 2.90. The number of fused-ring (bicyclic) bond motifs is 1. The van der Waals surface area contributed by atoms with Crippen LogP contribution < -0.4 is 5.32 Å². The molecule has 0 spiro atoms. The van der Waals surface area contributed by atoms with E-state index in [9.17, 15) is 4.79 Å². The van der Waals surface area contributed by atoms with Crippen LogP contribution in [0.5, 0.6) is 0 Å². The van der Waals surface area contributed by atoms with Crippen LogP contribution >= 0.6 is 0 Å². The smallest absolute Gasteiger partial charge is 0.303 e. The van der Waals surface area contributed by atoms with Gasteiger partial charge in [-0.3, -0.25) is 4.79 Å². The molecule has 0 fully saturated rings. The average Bonchev–Trinajstić information content (AvgIpc) is 2.42. The van der Waals surface area contributed by atoms with E-state index in [0.29, 0.717) is 0 Å². The van der Waals surface area contributed by atoms with Gasteiger partial charge in [-0.2, -0.15) is 0 Å². The maximum Gasteiger partial charge on any atom is 0.303 e. The predicted octanol–water partition coefficient (Wildman–Crippen LogP) is 2.69. The molecule has 19 heavy (non-hydrogen) atoms. The van der Waals surface area contributed by atoms with Crippen molar-refractivity contribution in [3.63, 3.8) is 0 Å². The molecule has 0 aliphatic carbocycles. The van der Waals surface area contributed by atoms with Gasteiger partial charge in [0, 0.05) is 18.4 Å². The van der Waals surface area contributed by atoms with Crippen LogP contribution in [-0.4, -0.2) is 27.6 Å². The summed E-state index contributed by atoms with van der Waals surface area (Å²) < 4.78 is 0. The van der Waals surface area contributed by atoms with Gasteiger partial charge >= 0.3 is 5.97 Å². The predicted molar refractivity (Wildman–Crippen MR) is 74.1 cm³/mol. The number of carbonyl (C=O) groups is 1. The molecule has 0 bridgehead atoms. The highest BCUT2D eigenvalue weighted by atomic mass is 16.4. The Hall–Kier alpha value is -2.17. The minimum Gasteiger partial charge on any atom is -0.481 e. The molecule has 1 aromatic carbocycles. The number of nitrogens with zero attached hydrogens (tertiary/aromatic N) is 2. The van der Waals surface area contributed by atoms with E-state index in [0.717, 1.165) is 42.5 Å². The van der Waals surface area contributed by atoms with E-state index in [1.807, 2.05) is 24.3 Å². The fourth-order valence-electron chi connectivity index (χ4n) is 1.93. The largest absolute Gasteiger partial charge is 0.481 e. The Morgan fingerprint density at radius 3 is 2.84 bits per heavy atom. The lowest BCUT2D eigenvalue weighted by molar-refractivity contribution is -0.137. The Kier molecular flexibility index (Phi) is 4.66. The van der Waals surface area contributed by atoms with Gasteiger partial charge in [-0.15, -0.1) is 0 Å². The highest BCUT2D eigenvalue weighted by Gasteiger charge is 2.02. The molecular formula is C14H17N3O2. The monoisotopic (exact) mass is 259 g/mol. The topological polar surface area (TPSA) is 75.1 Å². The summed E-state index contributed by atoms with van der Waals surface area (Å²) in [6.45, 7) is 0.792. The molecule has 2 rings (SSSR count). The van der Waals surface area contributed by atoms with Crippen molar-refractivity contribution in [3.8, 4) is 0 Å². The van der Waals surface area contributed by atoms with Gasteiger partial charge in [-0.25, -0.2) is 9.97 Å². The first-order valence-electron chi connectivity index (χ1n) is 6.43. The molecule has 2 N–H and O–H groups in total. The number of benzene rings is 1. The highest BCUT2D eigenvalue weighted by Crippen LogP contribution is 2.18. The number of rotatable bonds is 7. The van der Waals surface area contributed by atoms with E-state index in [-0.39, 0.29) is 6.42 Å². The number of hydrogen-bond donors (Lipinski definition) is 2. The first kappa shape index (κ1) is 13.3. The van der Waals surface area contributed by atoms with E-state index in [1.165, 1.54) is 0 Å². The van der Waals surface area contributed by atoms with Crippen molar-refractivity contribution in [3.05, 3.63) is 30.6 Å². The number of unbranched alkanes of at least 4 members (excludes halogenated alkanes) is 2. The maximum absolute atomic E-state index is 10.4. The molecule has 1 aromatic heterocycles. The zero-order valence-electron chi connectivity index (χ0n) is 10.7. The number of nitrogens with one attached hydrogen (secondary N) is 1. The van der Waals surface area contributed by atoms with Crippen LogP contribution in [0.3, 0.4) is 0 Å². The molecule has 0 radical (unpaired) electrons. The van der Waals surface area contributed by atoms with Gasteiger partial charge in [0.2, 0.25) is 0 Å². The van der Waals surface area contributed by atoms with Crippen molar-refractivity contribution in [2.75, 3.05) is 11.9 Å². The SMILES string of the molecule is O=C(O)CCCCCNc1ncnc2ccccc12. The number of carboxylic acids is 1. The maximum atomic E-state index is 10.4. The van der Waals surface area contributed by atoms with E-state index in [4.69, 9.17) is 5.11 Å². The van der Waals surface area contributed by atoms with Crippen molar-refractivity contribution in [2.24, 2.45) is 0 Å². The second-order valence-corrected chi connectivity index (χ2v) is 4.37. The Balaban J connectivity index is 1.83. The van der Waals surface area contributed by atoms with E-state index in [2.05, 4.69) is 15.3 Å². The quantitative estimate of drug-likeness (QED) is 0.748. The lowest BCUT2D eigenvalue weighted by atomic mass is 10.2. The van der Waals surface area contributed by atoms with Crippen molar-refractivity contribution in [2.45, 2.75) is 25.7 Å². The number of anilines is 1. The minimum atomic E-state index is -0.727. The lowest BCUT2D eigenvalue weighted by Crippen LogP contribution is -2.04. The van der Waals surface area contributed by atoms with E-state index >= 15 is 0 Å². The Bertz CT molecular complexity index is 552. The van der Waals surface area contributed by atoms with Gasteiger partial charge in [0.15, 0.2) is 0 Å². The molecule has 5 nitrogen and oxygen atoms in total. The Morgan fingerprint density at radius 2 is 2.00 bits per heavy atom. The van der Waals surface area contributed by atoms with Crippen molar-refractivity contribution in [1.82, 2.24) is 9.97 Å². The molecule has 0 saturated carbocycles. The lowest BCUT2D eigenvalue weighted by Gasteiger charge is -2.07. The molecule has 0 saturated heterocycles. The second kappa shape index (κ2) is 6.68. The molecule has 0 amide bonds. The third kappa shape index (κ3) is 3.91. The van der Waals surface area contributed by atoms with Gasteiger partial charge in [-0.1, -0.05) is 18.6 Å². The molecule has 1 heterocycles. The van der Waals surface area contributed by atoms with Crippen molar-refractivity contribution < 1.29 is 9.90 Å². The summed E-state index contributed by atoms with van der Waals surface area (Å²) in [7, 11) is 0. The summed E-state index contributed by atoms with van der Waals surface area (Å²) >= 11 is 0. The van der Waals surface area contributed by atoms with Crippen LogP contribution in [-0.2, 0) is 4.79 Å². The zero-order chi connectivity index (χ0) is 13.5. The molecule has 2 aromatic rings. The number of hydrogen-bond acceptors (Lipinski definition) is 4. The number of para-hydroxylation sites is 1. The van der Waals surface area contributed by atoms with Gasteiger partial charge < -0.3 is 10.4 Å². The van der Waals surface area contributed by atoms with Crippen LogP contribution in [0.4, 0.5) is 5.82 Å². The van der Waals surface area contributed by atoms with Crippen LogP contribution in [0.15, 0.2) is 30.6 Å². The zero-order valence-corrected chi connectivity index (χ0v) is 10.7. The van der Waals surface area contributed by atoms with Crippen LogP contribution in [0, 0.1) is 0 Å². The molecule has 0 unspecified atom stereocenters. The summed E-state index contributed by atoms with van der Waals surface area (Å²) in [5.41, 5.74) is 0.922. The van der Waals surface area contributed by atoms with E-state index in [1.54, 1.807) is 6.33 Å². The summed E-state index contributed by atoms with van der Waals surface area (Å²) in [4.78, 5) is 18.8. The van der Waals surface area contributed by atoms with Crippen LogP contribution in [0.25, 0.3) is 10.9 Å². The fourth-order valence-corrected chi connectivity index (χ4v) is 1.93. The molecule has 0 atom stereocenters. The Morgan fingerprint density at radius 1 is 1.16 bits per heavy atom. The van der Waals surface area contributed by atoms with Gasteiger partial charge in [0.25, 0.3) is 0 Å². The number of carboxylic acid groups (broad SMARTS) is 1. The summed E-state index contributed by atoms with van der Waals surface area (Å²) in [5.74, 6) is 0.110. The minimum absolute atomic E-state index is 0.246. The summed E-state index contributed by atoms with van der Waals surface area (Å²) in [5, 5.41) is 12.8. The van der Waals surface area contributed by atoms with Gasteiger partial charge in [0.1, 0.15) is 12.1 Å². The molecule has 100 valence electrons. The molecule has 0 aliphatic heterocycles. The average molecular weight is 259 g/mol. The van der Waals surface area contributed by atoms with Gasteiger partial charge in [-0.05, 0) is 25.0 Å². The normalized spacial score (nSPS) is 10.5. The number of aliphatic carboxylic acids is 1.